The molecule has 5 aromatic carbocycles. The van der Waals surface area contributed by atoms with Gasteiger partial charge in [0.15, 0.2) is 0 Å². The summed E-state index contributed by atoms with van der Waals surface area (Å²) in [5.74, 6) is -0.670. The minimum atomic E-state index is -5.22. The van der Waals surface area contributed by atoms with Crippen molar-refractivity contribution in [3.05, 3.63) is 133 Å². The molecule has 53 heavy (non-hydrogen) atoms. The average Bonchev–Trinajstić information content (AvgIpc) is 3.04. The first-order valence-corrected chi connectivity index (χ1v) is 18.9. The monoisotopic (exact) mass is 756 g/mol. The Morgan fingerprint density at radius 3 is 1.25 bits per heavy atom. The summed E-state index contributed by atoms with van der Waals surface area (Å²) < 4.78 is 111. The number of rotatable bonds is 11. The summed E-state index contributed by atoms with van der Waals surface area (Å²) in [6.07, 6.45) is -10.4. The van der Waals surface area contributed by atoms with Gasteiger partial charge in [0.1, 0.15) is 0 Å². The van der Waals surface area contributed by atoms with Crippen molar-refractivity contribution in [1.29, 1.82) is 0 Å². The molecule has 0 atom stereocenters. The molecular formula is C40H40BF6O5P. The molecule has 0 aliphatic heterocycles. The van der Waals surface area contributed by atoms with Crippen LogP contribution in [0.1, 0.15) is 41.5 Å². The zero-order valence-electron chi connectivity index (χ0n) is 30.0. The first-order chi connectivity index (χ1) is 24.7. The van der Waals surface area contributed by atoms with Crippen LogP contribution in [0.3, 0.4) is 0 Å². The number of benzene rings is 5. The molecule has 0 saturated heterocycles. The molecule has 0 aliphatic carbocycles. The van der Waals surface area contributed by atoms with Crippen molar-refractivity contribution in [2.24, 2.45) is 0 Å². The molecule has 0 heterocycles. The molecule has 5 rings (SSSR count). The Kier molecular flexibility index (Phi) is 10.8. The minimum absolute atomic E-state index is 0.142. The molecule has 0 aromatic heterocycles. The van der Waals surface area contributed by atoms with E-state index in [0.29, 0.717) is 28.2 Å². The van der Waals surface area contributed by atoms with Gasteiger partial charge in [0.2, 0.25) is 0 Å². The van der Waals surface area contributed by atoms with Gasteiger partial charge in [-0.2, -0.15) is 0 Å². The molecule has 0 bridgehead atoms. The maximum absolute atomic E-state index is 13.9. The van der Waals surface area contributed by atoms with Crippen LogP contribution in [0, 0.1) is 0 Å². The van der Waals surface area contributed by atoms with E-state index in [9.17, 15) is 26.3 Å². The number of halogens is 6. The average molecular weight is 757 g/mol. The normalized spacial score (nSPS) is 13.3. The summed E-state index contributed by atoms with van der Waals surface area (Å²) in [6, 6.07) is 36.6. The van der Waals surface area contributed by atoms with E-state index in [1.807, 2.05) is 65.8 Å². The van der Waals surface area contributed by atoms with Gasteiger partial charge in [-0.15, -0.1) is 0 Å². The molecule has 280 valence electrons. The Hall–Kier alpha value is -4.83. The fourth-order valence-corrected chi connectivity index (χ4v) is 17.9. The second-order valence-corrected chi connectivity index (χ2v) is 20.7. The molecule has 0 aliphatic rings. The molecule has 13 heteroatoms. The zero-order chi connectivity index (χ0) is 38.7. The van der Waals surface area contributed by atoms with Crippen LogP contribution in [0.5, 0.6) is 28.7 Å². The van der Waals surface area contributed by atoms with E-state index in [4.69, 9.17) is 14.0 Å². The van der Waals surface area contributed by atoms with Crippen molar-refractivity contribution >= 4 is 29.8 Å². The fraction of sp³-hybridized carbons (Fsp3) is 0.250. The van der Waals surface area contributed by atoms with E-state index in [1.54, 1.807) is 91.0 Å². The summed E-state index contributed by atoms with van der Waals surface area (Å²) in [5.41, 5.74) is 0. The number of hydrogen-bond donors (Lipinski definition) is 0. The van der Waals surface area contributed by atoms with E-state index >= 15 is 0 Å². The summed E-state index contributed by atoms with van der Waals surface area (Å²) in [6.45, 7) is 7.01. The van der Waals surface area contributed by atoms with Gasteiger partial charge in [-0.3, -0.25) is 0 Å². The molecule has 0 radical (unpaired) electrons. The second-order valence-electron chi connectivity index (χ2n) is 14.3. The number of alkyl halides is 6. The Balaban J connectivity index is 1.92. The van der Waals surface area contributed by atoms with Gasteiger partial charge < -0.3 is 0 Å². The van der Waals surface area contributed by atoms with E-state index < -0.39 is 48.5 Å². The Bertz CT molecular complexity index is 1890. The fourth-order valence-electron chi connectivity index (χ4n) is 7.95. The van der Waals surface area contributed by atoms with Gasteiger partial charge >= 0.3 is 306 Å². The molecule has 0 amide bonds. The van der Waals surface area contributed by atoms with Crippen molar-refractivity contribution < 1.29 is 49.8 Å². The summed E-state index contributed by atoms with van der Waals surface area (Å²) in [5, 5.41) is -0.574. The van der Waals surface area contributed by atoms with Crippen LogP contribution in [0.4, 0.5) is 26.3 Å². The third-order valence-electron chi connectivity index (χ3n) is 9.33. The Morgan fingerprint density at radius 1 is 0.434 bits per heavy atom. The van der Waals surface area contributed by atoms with Crippen LogP contribution < -0.4 is 39.4 Å². The van der Waals surface area contributed by atoms with Crippen molar-refractivity contribution in [2.45, 2.75) is 64.6 Å². The number of para-hydroxylation sites is 3. The van der Waals surface area contributed by atoms with E-state index in [1.165, 1.54) is 12.1 Å². The molecule has 0 fully saturated rings. The third kappa shape index (κ3) is 7.65. The van der Waals surface area contributed by atoms with Crippen LogP contribution in [0.2, 0.25) is 0 Å². The van der Waals surface area contributed by atoms with Crippen molar-refractivity contribution in [1.82, 2.24) is 0 Å². The Morgan fingerprint density at radius 2 is 0.830 bits per heavy atom. The molecule has 0 unspecified atom stereocenters. The van der Waals surface area contributed by atoms with E-state index in [-0.39, 0.29) is 11.1 Å². The van der Waals surface area contributed by atoms with Crippen LogP contribution >= 0.6 is 6.60 Å². The van der Waals surface area contributed by atoms with E-state index in [2.05, 4.69) is 9.47 Å². The molecular weight excluding hydrogens is 716 g/mol. The van der Waals surface area contributed by atoms with Crippen LogP contribution in [-0.4, -0.2) is 30.4 Å². The first-order valence-electron chi connectivity index (χ1n) is 16.7. The molecule has 0 saturated carbocycles. The predicted molar refractivity (Wildman–Crippen MR) is 199 cm³/mol. The van der Waals surface area contributed by atoms with Gasteiger partial charge in [-0.05, 0) is 0 Å². The predicted octanol–water partition coefficient (Wildman–Crippen LogP) is 10.4. The summed E-state index contributed by atoms with van der Waals surface area (Å²) >= 11 is 0. The Labute approximate surface area is 305 Å². The van der Waals surface area contributed by atoms with Crippen LogP contribution in [-0.2, 0) is 0 Å². The molecule has 0 spiro atoms. The standard InChI is InChI=1S/C40H40BF6O5P/c1-37(2,3)53(38(4,5)6,33-22-14-9-15-23-33,34-27-31(48-39(42,43)44)26-32(28-34)49-40(45,46)47)36-25-17-16-24-35(36)52-41(50-29-18-10-7-11-19-29)51-30-20-12-8-13-21-30/h7-28H,1-6H3. The van der Waals surface area contributed by atoms with Gasteiger partial charge in [-0.1, -0.05) is 0 Å². The van der Waals surface area contributed by atoms with Crippen LogP contribution in [0.15, 0.2) is 133 Å². The van der Waals surface area contributed by atoms with Crippen molar-refractivity contribution in [3.63, 3.8) is 0 Å². The number of ether oxygens (including phenoxy) is 2. The summed E-state index contributed by atoms with van der Waals surface area (Å²) in [4.78, 5) is 0. The second kappa shape index (κ2) is 14.5. The maximum atomic E-state index is 13.9. The molecule has 5 aromatic rings. The van der Waals surface area contributed by atoms with Gasteiger partial charge in [0, 0.05) is 0 Å². The van der Waals surface area contributed by atoms with Crippen molar-refractivity contribution in [3.8, 4) is 28.7 Å². The van der Waals surface area contributed by atoms with Gasteiger partial charge in [0.05, 0.1) is 0 Å². The summed E-state index contributed by atoms with van der Waals surface area (Å²) in [7, 11) is -1.40. The van der Waals surface area contributed by atoms with Crippen LogP contribution in [0.25, 0.3) is 0 Å². The van der Waals surface area contributed by atoms with E-state index in [0.717, 1.165) is 0 Å². The van der Waals surface area contributed by atoms with Crippen molar-refractivity contribution in [2.75, 3.05) is 0 Å². The topological polar surface area (TPSA) is 46.2 Å². The SMILES string of the molecule is CC(C)(C)P(c1ccccc1)(c1cc(OC(F)(F)F)cc(OC(F)(F)F)c1)(c1ccccc1OB(Oc1ccccc1)Oc1ccccc1)C(C)(C)C. The van der Waals surface area contributed by atoms with Gasteiger partial charge in [-0.25, -0.2) is 0 Å². The third-order valence-corrected chi connectivity index (χ3v) is 18.6. The zero-order valence-corrected chi connectivity index (χ0v) is 30.9. The quantitative estimate of drug-likeness (QED) is 0.0763. The molecule has 5 nitrogen and oxygen atoms in total. The molecule has 0 N–H and O–H groups in total. The van der Waals surface area contributed by atoms with Gasteiger partial charge in [0.25, 0.3) is 0 Å². The number of hydrogen-bond acceptors (Lipinski definition) is 5. The first kappa shape index (κ1) is 39.4.